The van der Waals surface area contributed by atoms with Crippen molar-refractivity contribution in [1.82, 2.24) is 4.90 Å². The van der Waals surface area contributed by atoms with Crippen LogP contribution in [0.1, 0.15) is 12.5 Å². The molecule has 0 spiro atoms. The number of nitrogens with zero attached hydrogens (tertiary/aromatic N) is 1. The van der Waals surface area contributed by atoms with Crippen LogP contribution >= 0.6 is 39.9 Å². The van der Waals surface area contributed by atoms with Crippen LogP contribution in [0.4, 0.5) is 0 Å². The molecule has 1 aromatic carbocycles. The molecule has 1 aromatic rings. The first-order valence-electron chi connectivity index (χ1n) is 5.63. The molecule has 1 aliphatic heterocycles. The molecule has 1 heterocycles. The van der Waals surface area contributed by atoms with Crippen LogP contribution in [0.15, 0.2) is 33.6 Å². The zero-order valence-electron chi connectivity index (χ0n) is 10.3. The summed E-state index contributed by atoms with van der Waals surface area (Å²) in [5, 5.41) is 10.9. The van der Waals surface area contributed by atoms with Gasteiger partial charge in [0.2, 0.25) is 0 Å². The second-order valence-corrected chi connectivity index (χ2v) is 6.69. The van der Waals surface area contributed by atoms with Gasteiger partial charge in [0.15, 0.2) is 0 Å². The number of thioether (sulfide) groups is 1. The molecule has 1 atom stereocenters. The Balaban J connectivity index is 2.30. The van der Waals surface area contributed by atoms with Crippen molar-refractivity contribution < 1.29 is 14.7 Å². The number of carboxylic acid groups (broad SMARTS) is 1. The van der Waals surface area contributed by atoms with Gasteiger partial charge in [-0.05, 0) is 30.7 Å². The Labute approximate surface area is 134 Å². The molecule has 0 aromatic heterocycles. The van der Waals surface area contributed by atoms with Gasteiger partial charge in [0, 0.05) is 4.47 Å². The predicted molar refractivity (Wildman–Crippen MR) is 83.6 cm³/mol. The zero-order valence-corrected chi connectivity index (χ0v) is 13.5. The molecular formula is C13H9BrNO3S2-. The minimum Gasteiger partial charge on any atom is -0.548 e. The van der Waals surface area contributed by atoms with Gasteiger partial charge in [-0.2, -0.15) is 0 Å². The van der Waals surface area contributed by atoms with Crippen LogP contribution in [0.3, 0.4) is 0 Å². The van der Waals surface area contributed by atoms with Crippen LogP contribution in [-0.2, 0) is 9.59 Å². The largest absolute Gasteiger partial charge is 0.548 e. The number of aliphatic carboxylic acids is 1. The van der Waals surface area contributed by atoms with Crippen LogP contribution in [0.5, 0.6) is 0 Å². The number of carboxylic acids is 1. The molecule has 104 valence electrons. The van der Waals surface area contributed by atoms with Crippen molar-refractivity contribution in [3.05, 3.63) is 39.2 Å². The van der Waals surface area contributed by atoms with E-state index in [9.17, 15) is 14.7 Å². The maximum Gasteiger partial charge on any atom is 0.266 e. The second-order valence-electron chi connectivity index (χ2n) is 4.10. The molecule has 0 saturated carbocycles. The van der Waals surface area contributed by atoms with Gasteiger partial charge in [0.1, 0.15) is 4.32 Å². The van der Waals surface area contributed by atoms with Crippen molar-refractivity contribution in [3.8, 4) is 0 Å². The Morgan fingerprint density at radius 1 is 1.55 bits per heavy atom. The Morgan fingerprint density at radius 3 is 2.85 bits per heavy atom. The number of carbonyl (C=O) groups is 2. The van der Waals surface area contributed by atoms with Gasteiger partial charge >= 0.3 is 0 Å². The van der Waals surface area contributed by atoms with E-state index in [0.29, 0.717) is 4.91 Å². The van der Waals surface area contributed by atoms with Crippen molar-refractivity contribution in [2.75, 3.05) is 0 Å². The minimum absolute atomic E-state index is 0.230. The Bertz CT molecular complexity index is 630. The van der Waals surface area contributed by atoms with E-state index < -0.39 is 17.9 Å². The fraction of sp³-hybridized carbons (Fsp3) is 0.154. The smallest absolute Gasteiger partial charge is 0.266 e. The van der Waals surface area contributed by atoms with E-state index in [-0.39, 0.29) is 4.32 Å². The third-order valence-electron chi connectivity index (χ3n) is 2.70. The molecule has 0 N–H and O–H groups in total. The highest BCUT2D eigenvalue weighted by atomic mass is 79.9. The molecule has 2 rings (SSSR count). The molecule has 1 aliphatic rings. The lowest BCUT2D eigenvalue weighted by atomic mass is 10.2. The average molecular weight is 371 g/mol. The van der Waals surface area contributed by atoms with Gasteiger partial charge in [-0.3, -0.25) is 9.69 Å². The van der Waals surface area contributed by atoms with Gasteiger partial charge in [-0.1, -0.05) is 52.0 Å². The first-order chi connectivity index (χ1) is 9.40. The lowest BCUT2D eigenvalue weighted by Crippen LogP contribution is -2.48. The van der Waals surface area contributed by atoms with Gasteiger partial charge in [-0.15, -0.1) is 0 Å². The first-order valence-corrected chi connectivity index (χ1v) is 7.65. The Morgan fingerprint density at radius 2 is 2.25 bits per heavy atom. The fourth-order valence-corrected chi connectivity index (χ4v) is 3.50. The molecule has 1 fully saturated rings. The normalized spacial score (nSPS) is 18.7. The molecule has 0 unspecified atom stereocenters. The molecule has 20 heavy (non-hydrogen) atoms. The van der Waals surface area contributed by atoms with Gasteiger partial charge < -0.3 is 9.90 Å². The van der Waals surface area contributed by atoms with Gasteiger partial charge in [-0.25, -0.2) is 0 Å². The third kappa shape index (κ3) is 3.11. The molecule has 7 heteroatoms. The third-order valence-corrected chi connectivity index (χ3v) is 4.52. The number of rotatable bonds is 3. The van der Waals surface area contributed by atoms with Crippen LogP contribution in [0, 0.1) is 0 Å². The van der Waals surface area contributed by atoms with Crippen molar-refractivity contribution in [3.63, 3.8) is 0 Å². The summed E-state index contributed by atoms with van der Waals surface area (Å²) in [7, 11) is 0. The summed E-state index contributed by atoms with van der Waals surface area (Å²) >= 11 is 9.50. The van der Waals surface area contributed by atoms with Crippen LogP contribution in [0.25, 0.3) is 6.08 Å². The molecule has 1 amide bonds. The summed E-state index contributed by atoms with van der Waals surface area (Å²) in [6.45, 7) is 1.38. The average Bonchev–Trinajstić information content (AvgIpc) is 2.63. The molecule has 0 bridgehead atoms. The number of hydrogen-bond donors (Lipinski definition) is 0. The van der Waals surface area contributed by atoms with Crippen molar-refractivity contribution in [2.24, 2.45) is 0 Å². The Hall–Kier alpha value is -1.18. The van der Waals surface area contributed by atoms with Gasteiger partial charge in [0.05, 0.1) is 16.9 Å². The molecule has 4 nitrogen and oxygen atoms in total. The minimum atomic E-state index is -1.33. The highest BCUT2D eigenvalue weighted by molar-refractivity contribution is 9.10. The number of benzene rings is 1. The monoisotopic (exact) mass is 370 g/mol. The van der Waals surface area contributed by atoms with Gasteiger partial charge in [0.25, 0.3) is 5.91 Å². The summed E-state index contributed by atoms with van der Waals surface area (Å²) in [4.78, 5) is 24.6. The molecule has 0 radical (unpaired) electrons. The summed E-state index contributed by atoms with van der Waals surface area (Å²) < 4.78 is 1.12. The highest BCUT2D eigenvalue weighted by Gasteiger charge is 2.35. The number of amides is 1. The zero-order chi connectivity index (χ0) is 14.9. The molecule has 0 aliphatic carbocycles. The summed E-state index contributed by atoms with van der Waals surface area (Å²) in [6, 6.07) is 6.35. The van der Waals surface area contributed by atoms with Crippen molar-refractivity contribution >= 4 is 62.2 Å². The predicted octanol–water partition coefficient (Wildman–Crippen LogP) is 1.79. The van der Waals surface area contributed by atoms with Crippen molar-refractivity contribution in [2.45, 2.75) is 13.0 Å². The lowest BCUT2D eigenvalue weighted by molar-refractivity contribution is -0.309. The number of thiocarbonyl (C=S) groups is 1. The van der Waals surface area contributed by atoms with Crippen LogP contribution in [-0.4, -0.2) is 27.1 Å². The maximum absolute atomic E-state index is 12.2. The SMILES string of the molecule is C[C@@H](C(=O)[O-])N1C(=O)/C(=C\c2cccc(Br)c2)SC1=S. The fourth-order valence-electron chi connectivity index (χ4n) is 1.67. The maximum atomic E-state index is 12.2. The van der Waals surface area contributed by atoms with E-state index in [1.54, 1.807) is 6.08 Å². The molecular weight excluding hydrogens is 362 g/mol. The highest BCUT2D eigenvalue weighted by Crippen LogP contribution is 2.34. The standard InChI is InChI=1S/C13H10BrNO3S2/c1-7(12(17)18)15-11(16)10(20-13(15)19)6-8-3-2-4-9(14)5-8/h2-7H,1H3,(H,17,18)/p-1/b10-6+/t7-/m0/s1. The first kappa shape index (κ1) is 15.2. The summed E-state index contributed by atoms with van der Waals surface area (Å²) in [6.07, 6.45) is 1.69. The van der Waals surface area contributed by atoms with E-state index in [1.807, 2.05) is 24.3 Å². The van der Waals surface area contributed by atoms with Crippen molar-refractivity contribution in [1.29, 1.82) is 0 Å². The van der Waals surface area contributed by atoms with E-state index in [0.717, 1.165) is 26.7 Å². The van der Waals surface area contributed by atoms with Crippen LogP contribution < -0.4 is 5.11 Å². The van der Waals surface area contributed by atoms with E-state index in [4.69, 9.17) is 12.2 Å². The summed E-state index contributed by atoms with van der Waals surface area (Å²) in [5.74, 6) is -1.73. The van der Waals surface area contributed by atoms with E-state index in [1.165, 1.54) is 6.92 Å². The number of halogens is 1. The number of hydrogen-bond acceptors (Lipinski definition) is 5. The second kappa shape index (κ2) is 6.07. The van der Waals surface area contributed by atoms with E-state index >= 15 is 0 Å². The summed E-state index contributed by atoms with van der Waals surface area (Å²) in [5.41, 5.74) is 0.834. The topological polar surface area (TPSA) is 60.4 Å². The van der Waals surface area contributed by atoms with E-state index in [2.05, 4.69) is 15.9 Å². The quantitative estimate of drug-likeness (QED) is 0.599. The lowest BCUT2D eigenvalue weighted by Gasteiger charge is -2.23. The Kier molecular flexibility index (Phi) is 4.62. The number of carbonyl (C=O) groups excluding carboxylic acids is 2. The van der Waals surface area contributed by atoms with Crippen LogP contribution in [0.2, 0.25) is 0 Å². The molecule has 1 saturated heterocycles.